The number of benzene rings is 1. The van der Waals surface area contributed by atoms with Crippen molar-refractivity contribution in [1.82, 2.24) is 10.2 Å². The monoisotopic (exact) mass is 467 g/mol. The van der Waals surface area contributed by atoms with Crippen molar-refractivity contribution in [2.75, 3.05) is 37.6 Å². The van der Waals surface area contributed by atoms with Crippen LogP contribution in [-0.2, 0) is 11.3 Å². The van der Waals surface area contributed by atoms with E-state index in [4.69, 9.17) is 5.73 Å². The van der Waals surface area contributed by atoms with Crippen molar-refractivity contribution in [2.24, 2.45) is 11.7 Å². The first-order valence-corrected chi connectivity index (χ1v) is 13.0. The summed E-state index contributed by atoms with van der Waals surface area (Å²) >= 11 is 1.58. The van der Waals surface area contributed by atoms with E-state index in [1.54, 1.807) is 11.3 Å². The molecule has 1 aromatic heterocycles. The summed E-state index contributed by atoms with van der Waals surface area (Å²) in [6, 6.07) is 10.3. The summed E-state index contributed by atoms with van der Waals surface area (Å²) in [5.74, 6) is -0.0878. The van der Waals surface area contributed by atoms with Crippen molar-refractivity contribution in [1.29, 1.82) is 5.26 Å². The molecule has 1 aliphatic rings. The molecule has 0 bridgehead atoms. The average Bonchev–Trinajstić information content (AvgIpc) is 3.48. The van der Waals surface area contributed by atoms with E-state index < -0.39 is 6.04 Å². The molecule has 6 nitrogen and oxygen atoms in total. The van der Waals surface area contributed by atoms with Gasteiger partial charge < -0.3 is 20.9 Å². The fraction of sp³-hybridized carbons (Fsp3) is 0.538. The fourth-order valence-corrected chi connectivity index (χ4v) is 5.33. The molecule has 1 aromatic carbocycles. The van der Waals surface area contributed by atoms with E-state index in [1.165, 1.54) is 44.5 Å². The van der Waals surface area contributed by atoms with Crippen LogP contribution in [0.25, 0.3) is 11.1 Å². The van der Waals surface area contributed by atoms with Crippen LogP contribution in [0.15, 0.2) is 35.0 Å². The number of nitrogens with two attached hydrogens (primary N) is 1. The number of thiophene rings is 1. The summed E-state index contributed by atoms with van der Waals surface area (Å²) in [7, 11) is 0. The number of amides is 1. The van der Waals surface area contributed by atoms with Crippen LogP contribution in [0.3, 0.4) is 0 Å². The van der Waals surface area contributed by atoms with Crippen LogP contribution in [0.1, 0.15) is 45.1 Å². The first-order chi connectivity index (χ1) is 16.0. The van der Waals surface area contributed by atoms with Gasteiger partial charge in [0.15, 0.2) is 0 Å². The molecule has 1 aliphatic heterocycles. The third-order valence-corrected chi connectivity index (χ3v) is 6.94. The van der Waals surface area contributed by atoms with Crippen LogP contribution in [0, 0.1) is 17.2 Å². The Morgan fingerprint density at radius 2 is 1.97 bits per heavy atom. The topological polar surface area (TPSA) is 85.4 Å². The van der Waals surface area contributed by atoms with Crippen LogP contribution in [0.5, 0.6) is 0 Å². The molecule has 0 spiro atoms. The van der Waals surface area contributed by atoms with Gasteiger partial charge >= 0.3 is 0 Å². The number of carbonyl (C=O) groups is 1. The molecular formula is C26H37N5OS. The number of nitrogens with zero attached hydrogens (tertiary/aromatic N) is 3. The summed E-state index contributed by atoms with van der Waals surface area (Å²) in [5.41, 5.74) is 10.0. The van der Waals surface area contributed by atoms with Crippen LogP contribution in [0.4, 0.5) is 5.69 Å². The smallest absolute Gasteiger partial charge is 0.240 e. The molecule has 0 aliphatic carbocycles. The molecule has 0 radical (unpaired) electrons. The maximum absolute atomic E-state index is 12.2. The second kappa shape index (κ2) is 12.7. The molecule has 3 rings (SSSR count). The van der Waals surface area contributed by atoms with Crippen molar-refractivity contribution in [3.63, 3.8) is 0 Å². The Labute approximate surface area is 202 Å². The lowest BCUT2D eigenvalue weighted by Gasteiger charge is -2.31. The standard InChI is InChI=1S/C26H37N5OS/c1-20(2)16-24(26(28)32)31(15-10-27)25-19-33-18-23(25)22-8-6-21(7-9-22)17-29-11-5-14-30-12-3-4-13-30/h6-9,18-20,24,29H,3-5,11-17H2,1-2H3,(H2,28,32)/t24-/m0/s1. The zero-order valence-corrected chi connectivity index (χ0v) is 20.7. The van der Waals surface area contributed by atoms with E-state index >= 15 is 0 Å². The van der Waals surface area contributed by atoms with Crippen molar-refractivity contribution >= 4 is 22.9 Å². The van der Waals surface area contributed by atoms with Crippen LogP contribution in [-0.4, -0.2) is 49.6 Å². The highest BCUT2D eigenvalue weighted by Crippen LogP contribution is 2.36. The SMILES string of the molecule is CC(C)C[C@@H](C(N)=O)N(CC#N)c1cscc1-c1ccc(CNCCCN2CCCC2)cc1. The Kier molecular flexibility index (Phi) is 9.74. The minimum atomic E-state index is -0.498. The highest BCUT2D eigenvalue weighted by Gasteiger charge is 2.27. The molecular weight excluding hydrogens is 430 g/mol. The lowest BCUT2D eigenvalue weighted by molar-refractivity contribution is -0.119. The Morgan fingerprint density at radius 3 is 2.61 bits per heavy atom. The Balaban J connectivity index is 1.63. The quantitative estimate of drug-likeness (QED) is 0.340. The minimum absolute atomic E-state index is 0.128. The second-order valence-electron chi connectivity index (χ2n) is 9.28. The van der Waals surface area contributed by atoms with E-state index in [2.05, 4.69) is 59.8 Å². The number of likely N-dealkylation sites (tertiary alicyclic amines) is 1. The Bertz CT molecular complexity index is 912. The van der Waals surface area contributed by atoms with Gasteiger partial charge in [-0.3, -0.25) is 4.79 Å². The van der Waals surface area contributed by atoms with Gasteiger partial charge in [-0.05, 0) is 68.9 Å². The number of nitrogens with one attached hydrogen (secondary N) is 1. The summed E-state index contributed by atoms with van der Waals surface area (Å²) in [6.07, 6.45) is 4.50. The molecule has 0 unspecified atom stereocenters. The number of primary amides is 1. The third kappa shape index (κ3) is 7.29. The Hall–Kier alpha value is -2.40. The average molecular weight is 468 g/mol. The first-order valence-electron chi connectivity index (χ1n) is 12.0. The van der Waals surface area contributed by atoms with E-state index in [0.717, 1.165) is 29.9 Å². The third-order valence-electron chi connectivity index (χ3n) is 6.21. The maximum Gasteiger partial charge on any atom is 0.240 e. The normalized spacial score (nSPS) is 15.0. The zero-order chi connectivity index (χ0) is 23.6. The van der Waals surface area contributed by atoms with Crippen molar-refractivity contribution < 1.29 is 4.79 Å². The molecule has 33 heavy (non-hydrogen) atoms. The predicted octanol–water partition coefficient (Wildman–Crippen LogP) is 4.22. The Morgan fingerprint density at radius 1 is 1.24 bits per heavy atom. The molecule has 178 valence electrons. The van der Waals surface area contributed by atoms with Gasteiger partial charge in [0.2, 0.25) is 5.91 Å². The van der Waals surface area contributed by atoms with Crippen molar-refractivity contribution in [2.45, 2.75) is 52.1 Å². The molecule has 2 heterocycles. The highest BCUT2D eigenvalue weighted by molar-refractivity contribution is 7.08. The minimum Gasteiger partial charge on any atom is -0.368 e. The van der Waals surface area contributed by atoms with Gasteiger partial charge in [0.1, 0.15) is 12.6 Å². The van der Waals surface area contributed by atoms with Crippen molar-refractivity contribution in [3.8, 4) is 17.2 Å². The fourth-order valence-electron chi connectivity index (χ4n) is 4.48. The summed E-state index contributed by atoms with van der Waals surface area (Å²) in [4.78, 5) is 16.6. The molecule has 1 atom stereocenters. The second-order valence-corrected chi connectivity index (χ2v) is 10.0. The number of rotatable bonds is 13. The molecule has 7 heteroatoms. The molecule has 3 N–H and O–H groups in total. The van der Waals surface area contributed by atoms with E-state index in [9.17, 15) is 10.1 Å². The number of hydrogen-bond donors (Lipinski definition) is 2. The highest BCUT2D eigenvalue weighted by atomic mass is 32.1. The summed E-state index contributed by atoms with van der Waals surface area (Å²) < 4.78 is 0. The van der Waals surface area contributed by atoms with Gasteiger partial charge in [-0.15, -0.1) is 11.3 Å². The number of carbonyl (C=O) groups excluding carboxylic acids is 1. The van der Waals surface area contributed by atoms with Crippen LogP contribution < -0.4 is 16.0 Å². The molecule has 1 fully saturated rings. The van der Waals surface area contributed by atoms with Gasteiger partial charge in [-0.25, -0.2) is 0 Å². The largest absolute Gasteiger partial charge is 0.368 e. The zero-order valence-electron chi connectivity index (χ0n) is 19.9. The molecule has 1 saturated heterocycles. The van der Waals surface area contributed by atoms with Gasteiger partial charge in [-0.2, -0.15) is 5.26 Å². The summed E-state index contributed by atoms with van der Waals surface area (Å²) in [5, 5.41) is 17.1. The molecule has 0 saturated carbocycles. The van der Waals surface area contributed by atoms with Gasteiger partial charge in [-0.1, -0.05) is 38.1 Å². The van der Waals surface area contributed by atoms with E-state index in [0.29, 0.717) is 12.3 Å². The van der Waals surface area contributed by atoms with Gasteiger partial charge in [0, 0.05) is 22.9 Å². The van der Waals surface area contributed by atoms with Crippen molar-refractivity contribution in [3.05, 3.63) is 40.6 Å². The van der Waals surface area contributed by atoms with E-state index in [1.807, 2.05) is 10.3 Å². The lowest BCUT2D eigenvalue weighted by Crippen LogP contribution is -2.46. The molecule has 2 aromatic rings. The first kappa shape index (κ1) is 25.2. The lowest BCUT2D eigenvalue weighted by atomic mass is 9.99. The summed E-state index contributed by atoms with van der Waals surface area (Å²) in [6.45, 7) is 9.85. The predicted molar refractivity (Wildman–Crippen MR) is 137 cm³/mol. The van der Waals surface area contributed by atoms with Crippen LogP contribution >= 0.6 is 11.3 Å². The maximum atomic E-state index is 12.2. The van der Waals surface area contributed by atoms with E-state index in [-0.39, 0.29) is 12.5 Å². The van der Waals surface area contributed by atoms with Crippen LogP contribution in [0.2, 0.25) is 0 Å². The van der Waals surface area contributed by atoms with Gasteiger partial charge in [0.05, 0.1) is 11.8 Å². The van der Waals surface area contributed by atoms with Gasteiger partial charge in [0.25, 0.3) is 0 Å². The molecule has 1 amide bonds. The number of anilines is 1. The number of nitriles is 1. The number of hydrogen-bond acceptors (Lipinski definition) is 6.